The van der Waals surface area contributed by atoms with E-state index >= 15 is 0 Å². The molecule has 0 aromatic heterocycles. The average molecular weight is 254 g/mol. The van der Waals surface area contributed by atoms with Gasteiger partial charge in [0.15, 0.2) is 0 Å². The minimum atomic E-state index is -0.473. The topological polar surface area (TPSA) is 47.9 Å². The Morgan fingerprint density at radius 2 is 2.00 bits per heavy atom. The Hall–Kier alpha value is -1.10. The molecule has 0 saturated carbocycles. The number of hydrogen-bond donors (Lipinski definition) is 1. The van der Waals surface area contributed by atoms with Crippen LogP contribution in [-0.2, 0) is 9.47 Å². The molecular weight excluding hydrogens is 232 g/mol. The maximum atomic E-state index is 9.45. The van der Waals surface area contributed by atoms with E-state index in [1.165, 1.54) is 0 Å². The monoisotopic (exact) mass is 254 g/mol. The van der Waals surface area contributed by atoms with E-state index in [2.05, 4.69) is 0 Å². The highest BCUT2D eigenvalue weighted by molar-refractivity contribution is 5.29. The van der Waals surface area contributed by atoms with Crippen molar-refractivity contribution in [3.05, 3.63) is 29.8 Å². The van der Waals surface area contributed by atoms with Gasteiger partial charge in [0.25, 0.3) is 0 Å². The van der Waals surface area contributed by atoms with E-state index in [-0.39, 0.29) is 0 Å². The molecule has 4 nitrogen and oxygen atoms in total. The highest BCUT2D eigenvalue weighted by Crippen LogP contribution is 2.18. The quantitative estimate of drug-likeness (QED) is 0.686. The van der Waals surface area contributed by atoms with Gasteiger partial charge in [-0.3, -0.25) is 0 Å². The highest BCUT2D eigenvalue weighted by atomic mass is 16.5. The van der Waals surface area contributed by atoms with Crippen LogP contribution in [-0.4, -0.2) is 38.6 Å². The van der Waals surface area contributed by atoms with Gasteiger partial charge in [0, 0.05) is 20.3 Å². The summed E-state index contributed by atoms with van der Waals surface area (Å²) < 4.78 is 15.8. The molecule has 4 heteroatoms. The zero-order chi connectivity index (χ0) is 13.2. The number of ether oxygens (including phenoxy) is 3. The largest absolute Gasteiger partial charge is 0.491 e. The van der Waals surface area contributed by atoms with Crippen LogP contribution in [0.5, 0.6) is 5.75 Å². The Labute approximate surface area is 108 Å². The molecule has 1 aromatic carbocycles. The van der Waals surface area contributed by atoms with Crippen molar-refractivity contribution in [2.45, 2.75) is 19.4 Å². The average Bonchev–Trinajstić information content (AvgIpc) is 2.38. The van der Waals surface area contributed by atoms with Gasteiger partial charge < -0.3 is 19.3 Å². The zero-order valence-corrected chi connectivity index (χ0v) is 11.1. The summed E-state index contributed by atoms with van der Waals surface area (Å²) in [5.74, 6) is 0.758. The summed E-state index contributed by atoms with van der Waals surface area (Å²) in [5.41, 5.74) is 0.855. The summed E-state index contributed by atoms with van der Waals surface area (Å²) in [7, 11) is 1.68. The molecule has 18 heavy (non-hydrogen) atoms. The zero-order valence-electron chi connectivity index (χ0n) is 11.1. The lowest BCUT2D eigenvalue weighted by Gasteiger charge is -2.09. The molecule has 0 aliphatic rings. The summed E-state index contributed by atoms with van der Waals surface area (Å²) in [4.78, 5) is 0. The molecule has 1 aromatic rings. The third-order valence-electron chi connectivity index (χ3n) is 2.47. The molecule has 0 aliphatic carbocycles. The van der Waals surface area contributed by atoms with Crippen LogP contribution in [0.25, 0.3) is 0 Å². The molecule has 0 heterocycles. The Bertz CT molecular complexity index is 325. The maximum absolute atomic E-state index is 9.45. The molecule has 1 N–H and O–H groups in total. The van der Waals surface area contributed by atoms with Gasteiger partial charge in [-0.1, -0.05) is 12.1 Å². The first-order chi connectivity index (χ1) is 8.74. The lowest BCUT2D eigenvalue weighted by molar-refractivity contribution is 0.0805. The van der Waals surface area contributed by atoms with Gasteiger partial charge in [0.2, 0.25) is 0 Å². The van der Waals surface area contributed by atoms with Crippen LogP contribution in [0.15, 0.2) is 24.3 Å². The van der Waals surface area contributed by atoms with Crippen molar-refractivity contribution in [2.75, 3.05) is 33.5 Å². The Morgan fingerprint density at radius 3 is 2.72 bits per heavy atom. The highest BCUT2D eigenvalue weighted by Gasteiger charge is 2.01. The molecule has 0 spiro atoms. The SMILES string of the molecule is COCCCOCCOc1cccc([C@H](C)O)c1. The fourth-order valence-corrected chi connectivity index (χ4v) is 1.49. The number of aliphatic hydroxyl groups is 1. The predicted octanol–water partition coefficient (Wildman–Crippen LogP) is 2.17. The molecule has 0 bridgehead atoms. The molecule has 0 amide bonds. The van der Waals surface area contributed by atoms with Gasteiger partial charge in [-0.05, 0) is 31.0 Å². The Balaban J connectivity index is 2.17. The summed E-state index contributed by atoms with van der Waals surface area (Å²) in [6.07, 6.45) is 0.424. The van der Waals surface area contributed by atoms with E-state index in [9.17, 15) is 5.11 Å². The van der Waals surface area contributed by atoms with Gasteiger partial charge in [0.05, 0.1) is 12.7 Å². The lowest BCUT2D eigenvalue weighted by atomic mass is 10.1. The minimum Gasteiger partial charge on any atom is -0.491 e. The van der Waals surface area contributed by atoms with Crippen molar-refractivity contribution >= 4 is 0 Å². The van der Waals surface area contributed by atoms with Crippen LogP contribution in [0.3, 0.4) is 0 Å². The maximum Gasteiger partial charge on any atom is 0.119 e. The molecule has 0 saturated heterocycles. The number of benzene rings is 1. The minimum absolute atomic E-state index is 0.473. The van der Waals surface area contributed by atoms with Crippen LogP contribution in [0.1, 0.15) is 25.0 Å². The first kappa shape index (κ1) is 15.0. The Morgan fingerprint density at radius 1 is 1.17 bits per heavy atom. The van der Waals surface area contributed by atoms with E-state index in [0.29, 0.717) is 19.8 Å². The van der Waals surface area contributed by atoms with Crippen LogP contribution in [0, 0.1) is 0 Å². The van der Waals surface area contributed by atoms with Crippen molar-refractivity contribution in [2.24, 2.45) is 0 Å². The standard InChI is InChI=1S/C14H22O4/c1-12(15)13-5-3-6-14(11-13)18-10-9-17-8-4-7-16-2/h3,5-6,11-12,15H,4,7-10H2,1-2H3/t12-/m0/s1. The van der Waals surface area contributed by atoms with Gasteiger partial charge >= 0.3 is 0 Å². The summed E-state index contributed by atoms with van der Waals surface area (Å²) >= 11 is 0. The summed E-state index contributed by atoms with van der Waals surface area (Å²) in [6.45, 7) is 4.21. The fraction of sp³-hybridized carbons (Fsp3) is 0.571. The molecule has 0 radical (unpaired) electrons. The number of methoxy groups -OCH3 is 1. The third kappa shape index (κ3) is 6.00. The smallest absolute Gasteiger partial charge is 0.119 e. The normalized spacial score (nSPS) is 12.4. The van der Waals surface area contributed by atoms with Crippen LogP contribution < -0.4 is 4.74 Å². The Kier molecular flexibility index (Phi) is 7.41. The van der Waals surface area contributed by atoms with Crippen LogP contribution in [0.4, 0.5) is 0 Å². The van der Waals surface area contributed by atoms with E-state index < -0.39 is 6.10 Å². The predicted molar refractivity (Wildman–Crippen MR) is 69.9 cm³/mol. The van der Waals surface area contributed by atoms with Gasteiger partial charge in [-0.15, -0.1) is 0 Å². The van der Waals surface area contributed by atoms with Crippen molar-refractivity contribution in [1.82, 2.24) is 0 Å². The lowest BCUT2D eigenvalue weighted by Crippen LogP contribution is -2.08. The molecule has 0 unspecified atom stereocenters. The first-order valence-corrected chi connectivity index (χ1v) is 6.21. The van der Waals surface area contributed by atoms with E-state index in [0.717, 1.165) is 24.3 Å². The molecule has 102 valence electrons. The molecule has 1 atom stereocenters. The van der Waals surface area contributed by atoms with Crippen molar-refractivity contribution < 1.29 is 19.3 Å². The van der Waals surface area contributed by atoms with Gasteiger partial charge in [-0.25, -0.2) is 0 Å². The van der Waals surface area contributed by atoms with Crippen molar-refractivity contribution in [1.29, 1.82) is 0 Å². The molecular formula is C14H22O4. The second-order valence-corrected chi connectivity index (χ2v) is 4.06. The van der Waals surface area contributed by atoms with E-state index in [4.69, 9.17) is 14.2 Å². The van der Waals surface area contributed by atoms with Crippen LogP contribution in [0.2, 0.25) is 0 Å². The summed E-state index contributed by atoms with van der Waals surface area (Å²) in [6, 6.07) is 7.46. The second-order valence-electron chi connectivity index (χ2n) is 4.06. The van der Waals surface area contributed by atoms with Gasteiger partial charge in [0.1, 0.15) is 12.4 Å². The van der Waals surface area contributed by atoms with Crippen molar-refractivity contribution in [3.8, 4) is 5.75 Å². The number of rotatable bonds is 9. The van der Waals surface area contributed by atoms with E-state index in [1.54, 1.807) is 14.0 Å². The van der Waals surface area contributed by atoms with Crippen LogP contribution >= 0.6 is 0 Å². The first-order valence-electron chi connectivity index (χ1n) is 6.21. The fourth-order valence-electron chi connectivity index (χ4n) is 1.49. The van der Waals surface area contributed by atoms with E-state index in [1.807, 2.05) is 24.3 Å². The number of aliphatic hydroxyl groups excluding tert-OH is 1. The molecule has 1 rings (SSSR count). The molecule has 0 fully saturated rings. The molecule has 0 aliphatic heterocycles. The summed E-state index contributed by atoms with van der Waals surface area (Å²) in [5, 5.41) is 9.45. The van der Waals surface area contributed by atoms with Crippen molar-refractivity contribution in [3.63, 3.8) is 0 Å². The second kappa shape index (κ2) is 8.91. The van der Waals surface area contributed by atoms with Gasteiger partial charge in [-0.2, -0.15) is 0 Å². The number of hydrogen-bond acceptors (Lipinski definition) is 4. The third-order valence-corrected chi connectivity index (χ3v) is 2.47.